The molecule has 0 saturated carbocycles. The molecule has 1 amide bonds. The van der Waals surface area contributed by atoms with Crippen LogP contribution in [0, 0.1) is 19.7 Å². The lowest BCUT2D eigenvalue weighted by atomic mass is 10.0. The summed E-state index contributed by atoms with van der Waals surface area (Å²) in [5, 5.41) is 18.6. The number of allylic oxidation sites excluding steroid dienone is 1. The zero-order valence-corrected chi connectivity index (χ0v) is 15.7. The molecule has 1 unspecified atom stereocenters. The van der Waals surface area contributed by atoms with Crippen molar-refractivity contribution in [3.8, 4) is 11.3 Å². The number of aryl methyl sites for hydroxylation is 1. The van der Waals surface area contributed by atoms with Crippen molar-refractivity contribution >= 4 is 29.6 Å². The number of aromatic nitrogens is 3. The number of rotatable bonds is 2. The third-order valence-corrected chi connectivity index (χ3v) is 5.06. The van der Waals surface area contributed by atoms with Crippen LogP contribution in [-0.2, 0) is 0 Å². The van der Waals surface area contributed by atoms with Crippen LogP contribution in [0.15, 0.2) is 41.6 Å². The van der Waals surface area contributed by atoms with Gasteiger partial charge in [-0.15, -0.1) is 0 Å². The third kappa shape index (κ3) is 2.91. The van der Waals surface area contributed by atoms with Gasteiger partial charge in [0.15, 0.2) is 10.8 Å². The Labute approximate surface area is 164 Å². The quantitative estimate of drug-likeness (QED) is 0.693. The van der Waals surface area contributed by atoms with Gasteiger partial charge < -0.3 is 5.11 Å². The van der Waals surface area contributed by atoms with Crippen LogP contribution in [0.3, 0.4) is 0 Å². The minimum Gasteiger partial charge on any atom is -0.463 e. The van der Waals surface area contributed by atoms with Gasteiger partial charge in [-0.25, -0.2) is 18.7 Å². The number of hydrogen-bond donors (Lipinski definition) is 1. The second-order valence-electron chi connectivity index (χ2n) is 6.39. The third-order valence-electron chi connectivity index (χ3n) is 4.70. The molecule has 9 heteroatoms. The summed E-state index contributed by atoms with van der Waals surface area (Å²) < 4.78 is 15.0. The number of nitrogens with zero attached hydrogens (tertiary/aromatic N) is 5. The Hall–Kier alpha value is -3.26. The number of carbonyl (C=O) groups is 1. The second-order valence-corrected chi connectivity index (χ2v) is 6.75. The van der Waals surface area contributed by atoms with E-state index in [1.54, 1.807) is 22.7 Å². The topological polar surface area (TPSA) is 83.1 Å². The fraction of sp³-hybridized carbons (Fsp3) is 0.158. The first-order valence-electron chi connectivity index (χ1n) is 8.42. The monoisotopic (exact) mass is 399 g/mol. The molecule has 28 heavy (non-hydrogen) atoms. The minimum absolute atomic E-state index is 0.346. The summed E-state index contributed by atoms with van der Waals surface area (Å²) in [5.74, 6) is -0.741. The minimum atomic E-state index is -1.18. The van der Waals surface area contributed by atoms with Crippen molar-refractivity contribution in [1.82, 2.24) is 19.6 Å². The highest BCUT2D eigenvalue weighted by Gasteiger charge is 2.25. The standard InChI is InChI=1S/C19H15ClFN5O2/c1-10-11(2)18-23-15(12-3-5-14(21)6-4-12)16(26(18)24-17(10)20)13-7-8-25(19(27)28)22-9-13/h3-9,13H,1-2H3,(H,27,28). The van der Waals surface area contributed by atoms with Crippen LogP contribution in [0.25, 0.3) is 16.9 Å². The van der Waals surface area contributed by atoms with Gasteiger partial charge in [-0.1, -0.05) is 17.7 Å². The van der Waals surface area contributed by atoms with Gasteiger partial charge in [0.05, 0.1) is 17.3 Å². The van der Waals surface area contributed by atoms with Gasteiger partial charge in [0.1, 0.15) is 5.82 Å². The van der Waals surface area contributed by atoms with Crippen molar-refractivity contribution in [2.45, 2.75) is 19.8 Å². The average Bonchev–Trinajstić information content (AvgIpc) is 3.06. The molecular formula is C19H15ClFN5O2. The molecule has 1 aliphatic rings. The molecule has 1 aromatic carbocycles. The Morgan fingerprint density at radius 3 is 2.54 bits per heavy atom. The molecule has 2 aromatic heterocycles. The largest absolute Gasteiger partial charge is 0.463 e. The summed E-state index contributed by atoms with van der Waals surface area (Å²) in [6.45, 7) is 3.77. The van der Waals surface area contributed by atoms with E-state index in [0.29, 0.717) is 27.8 Å². The Morgan fingerprint density at radius 1 is 1.21 bits per heavy atom. The van der Waals surface area contributed by atoms with Crippen molar-refractivity contribution in [3.05, 3.63) is 64.3 Å². The number of hydrogen-bond acceptors (Lipinski definition) is 4. The van der Waals surface area contributed by atoms with E-state index in [1.807, 2.05) is 13.8 Å². The number of amides is 1. The Balaban J connectivity index is 1.96. The maximum absolute atomic E-state index is 13.4. The highest BCUT2D eigenvalue weighted by molar-refractivity contribution is 6.30. The van der Waals surface area contributed by atoms with Gasteiger partial charge >= 0.3 is 6.09 Å². The first-order chi connectivity index (χ1) is 13.4. The summed E-state index contributed by atoms with van der Waals surface area (Å²) in [4.78, 5) is 15.8. The molecule has 0 fully saturated rings. The summed E-state index contributed by atoms with van der Waals surface area (Å²) in [5.41, 5.74) is 4.29. The highest BCUT2D eigenvalue weighted by atomic mass is 35.5. The predicted molar refractivity (Wildman–Crippen MR) is 103 cm³/mol. The lowest BCUT2D eigenvalue weighted by molar-refractivity contribution is 0.164. The van der Waals surface area contributed by atoms with Crippen LogP contribution < -0.4 is 0 Å². The molecule has 3 aromatic rings. The maximum atomic E-state index is 13.4. The summed E-state index contributed by atoms with van der Waals surface area (Å²) in [6.07, 6.45) is 3.36. The van der Waals surface area contributed by atoms with E-state index in [-0.39, 0.29) is 5.82 Å². The van der Waals surface area contributed by atoms with Crippen molar-refractivity contribution in [1.29, 1.82) is 0 Å². The highest BCUT2D eigenvalue weighted by Crippen LogP contribution is 2.33. The van der Waals surface area contributed by atoms with E-state index >= 15 is 0 Å². The van der Waals surface area contributed by atoms with Crippen molar-refractivity contribution in [2.24, 2.45) is 5.10 Å². The number of halogens is 2. The molecule has 0 aliphatic carbocycles. The van der Waals surface area contributed by atoms with E-state index in [1.165, 1.54) is 24.5 Å². The van der Waals surface area contributed by atoms with Gasteiger partial charge in [-0.3, -0.25) is 0 Å². The molecule has 0 radical (unpaired) electrons. The van der Waals surface area contributed by atoms with Gasteiger partial charge in [0, 0.05) is 18.0 Å². The smallest absolute Gasteiger partial charge is 0.432 e. The Bertz CT molecular complexity index is 1140. The summed E-state index contributed by atoms with van der Waals surface area (Å²) in [6, 6.07) is 5.99. The van der Waals surface area contributed by atoms with E-state index in [4.69, 9.17) is 21.7 Å². The van der Waals surface area contributed by atoms with Crippen LogP contribution in [0.4, 0.5) is 9.18 Å². The predicted octanol–water partition coefficient (Wildman–Crippen LogP) is 4.38. The lowest BCUT2D eigenvalue weighted by Crippen LogP contribution is -2.22. The molecule has 3 heterocycles. The number of hydrazone groups is 1. The molecule has 0 bridgehead atoms. The number of carboxylic acid groups (broad SMARTS) is 1. The summed E-state index contributed by atoms with van der Waals surface area (Å²) >= 11 is 6.30. The van der Waals surface area contributed by atoms with Gasteiger partial charge in [-0.05, 0) is 49.2 Å². The van der Waals surface area contributed by atoms with Gasteiger partial charge in [-0.2, -0.15) is 15.2 Å². The molecule has 142 valence electrons. The van der Waals surface area contributed by atoms with Crippen LogP contribution >= 0.6 is 11.6 Å². The van der Waals surface area contributed by atoms with E-state index in [9.17, 15) is 9.18 Å². The van der Waals surface area contributed by atoms with Crippen molar-refractivity contribution < 1.29 is 14.3 Å². The number of fused-ring (bicyclic) bond motifs is 1. The molecule has 1 atom stereocenters. The van der Waals surface area contributed by atoms with E-state index in [2.05, 4.69) is 10.2 Å². The van der Waals surface area contributed by atoms with Crippen LogP contribution in [0.2, 0.25) is 5.15 Å². The molecular weight excluding hydrogens is 385 g/mol. The Kier molecular flexibility index (Phi) is 4.35. The molecule has 1 aliphatic heterocycles. The zero-order valence-electron chi connectivity index (χ0n) is 15.0. The first kappa shape index (κ1) is 18.1. The molecule has 1 N–H and O–H groups in total. The second kappa shape index (κ2) is 6.72. The SMILES string of the molecule is Cc1c(Cl)nn2c(C3C=CN(C(=O)O)N=C3)c(-c3ccc(F)cc3)nc2c1C. The van der Waals surface area contributed by atoms with Crippen LogP contribution in [0.5, 0.6) is 0 Å². The molecule has 0 spiro atoms. The normalized spacial score (nSPS) is 16.1. The first-order valence-corrected chi connectivity index (χ1v) is 8.80. The van der Waals surface area contributed by atoms with Gasteiger partial charge in [0.25, 0.3) is 0 Å². The van der Waals surface area contributed by atoms with E-state index in [0.717, 1.165) is 16.1 Å². The number of benzene rings is 1. The van der Waals surface area contributed by atoms with Crippen LogP contribution in [-0.4, -0.2) is 37.0 Å². The zero-order chi connectivity index (χ0) is 20.0. The molecule has 7 nitrogen and oxygen atoms in total. The fourth-order valence-electron chi connectivity index (χ4n) is 3.05. The fourth-order valence-corrected chi connectivity index (χ4v) is 3.27. The van der Waals surface area contributed by atoms with Crippen molar-refractivity contribution in [3.63, 3.8) is 0 Å². The average molecular weight is 400 g/mol. The summed E-state index contributed by atoms with van der Waals surface area (Å²) in [7, 11) is 0. The van der Waals surface area contributed by atoms with E-state index < -0.39 is 12.0 Å². The Morgan fingerprint density at radius 2 is 1.93 bits per heavy atom. The van der Waals surface area contributed by atoms with Crippen molar-refractivity contribution in [2.75, 3.05) is 0 Å². The lowest BCUT2D eigenvalue weighted by Gasteiger charge is -2.17. The van der Waals surface area contributed by atoms with Gasteiger partial charge in [0.2, 0.25) is 0 Å². The van der Waals surface area contributed by atoms with Crippen LogP contribution in [0.1, 0.15) is 22.7 Å². The molecule has 0 saturated heterocycles. The molecule has 4 rings (SSSR count). The number of imidazole rings is 1. The maximum Gasteiger partial charge on any atom is 0.432 e.